The zero-order valence-corrected chi connectivity index (χ0v) is 15.2. The van der Waals surface area contributed by atoms with Crippen LogP contribution in [0.15, 0.2) is 0 Å². The lowest BCUT2D eigenvalue weighted by Crippen LogP contribution is -2.60. The van der Waals surface area contributed by atoms with Crippen molar-refractivity contribution in [2.75, 3.05) is 0 Å². The van der Waals surface area contributed by atoms with Gasteiger partial charge in [0.25, 0.3) is 0 Å². The summed E-state index contributed by atoms with van der Waals surface area (Å²) >= 11 is 0. The van der Waals surface area contributed by atoms with Crippen molar-refractivity contribution < 1.29 is 4.39 Å². The van der Waals surface area contributed by atoms with Crippen LogP contribution in [0.4, 0.5) is 4.39 Å². The Labute approximate surface area is 121 Å². The first-order valence-corrected chi connectivity index (χ1v) is 7.96. The molecule has 0 N–H and O–H groups in total. The van der Waals surface area contributed by atoms with E-state index >= 15 is 4.39 Å². The molecule has 0 heterocycles. The van der Waals surface area contributed by atoms with E-state index < -0.39 is 5.67 Å². The van der Waals surface area contributed by atoms with Crippen LogP contribution in [0.2, 0.25) is 0 Å². The van der Waals surface area contributed by atoms with Gasteiger partial charge in [-0.05, 0) is 30.6 Å². The van der Waals surface area contributed by atoms with Crippen molar-refractivity contribution in [3.05, 3.63) is 0 Å². The molecule has 0 saturated heterocycles. The van der Waals surface area contributed by atoms with Crippen LogP contribution in [0.25, 0.3) is 0 Å². The summed E-state index contributed by atoms with van der Waals surface area (Å²) in [5.41, 5.74) is -1.85. The van der Waals surface area contributed by atoms with Gasteiger partial charge in [0.2, 0.25) is 0 Å². The number of alkyl halides is 1. The Balaban J connectivity index is 6.05. The Morgan fingerprint density at radius 3 is 0.789 bits per heavy atom. The molecular formula is C18H37F. The van der Waals surface area contributed by atoms with Gasteiger partial charge in [-0.2, -0.15) is 0 Å². The van der Waals surface area contributed by atoms with Crippen molar-refractivity contribution in [2.24, 2.45) is 34.5 Å². The van der Waals surface area contributed by atoms with Crippen LogP contribution in [-0.2, 0) is 0 Å². The second-order valence-electron chi connectivity index (χ2n) is 8.19. The van der Waals surface area contributed by atoms with Crippen molar-refractivity contribution >= 4 is 0 Å². The molecule has 0 aromatic rings. The fourth-order valence-electron chi connectivity index (χ4n) is 4.08. The van der Waals surface area contributed by atoms with Crippen LogP contribution >= 0.6 is 0 Å². The van der Waals surface area contributed by atoms with Crippen LogP contribution in [0.1, 0.15) is 76.2 Å². The topological polar surface area (TPSA) is 0 Å². The van der Waals surface area contributed by atoms with E-state index in [9.17, 15) is 0 Å². The lowest BCUT2D eigenvalue weighted by Gasteiger charge is -2.59. The van der Waals surface area contributed by atoms with Gasteiger partial charge >= 0.3 is 0 Å². The molecule has 0 aromatic carbocycles. The second kappa shape index (κ2) is 5.74. The van der Waals surface area contributed by atoms with Crippen LogP contribution in [0.3, 0.4) is 0 Å². The van der Waals surface area contributed by atoms with Crippen molar-refractivity contribution in [1.29, 1.82) is 0 Å². The molecule has 0 rings (SSSR count). The lowest BCUT2D eigenvalue weighted by molar-refractivity contribution is -0.167. The zero-order chi connectivity index (χ0) is 15.8. The molecule has 0 aliphatic rings. The van der Waals surface area contributed by atoms with E-state index in [0.29, 0.717) is 23.7 Å². The Morgan fingerprint density at radius 1 is 0.526 bits per heavy atom. The standard InChI is InChI=1S/C18H37F/c1-12(2)16(9,13(3)4)18(11,19)17(10,14(5)6)15(7)8/h12-15H,1-11H3. The van der Waals surface area contributed by atoms with Gasteiger partial charge in [-0.25, -0.2) is 4.39 Å². The number of hydrogen-bond acceptors (Lipinski definition) is 0. The van der Waals surface area contributed by atoms with Crippen molar-refractivity contribution in [1.82, 2.24) is 0 Å². The summed E-state index contributed by atoms with van der Waals surface area (Å²) in [7, 11) is 0. The van der Waals surface area contributed by atoms with Gasteiger partial charge in [0.05, 0.1) is 0 Å². The average molecular weight is 272 g/mol. The molecule has 0 fully saturated rings. The van der Waals surface area contributed by atoms with Crippen LogP contribution in [0.5, 0.6) is 0 Å². The van der Waals surface area contributed by atoms with Crippen molar-refractivity contribution in [2.45, 2.75) is 81.8 Å². The van der Waals surface area contributed by atoms with E-state index in [4.69, 9.17) is 0 Å². The fraction of sp³-hybridized carbons (Fsp3) is 1.00. The summed E-state index contributed by atoms with van der Waals surface area (Å²) in [6, 6.07) is 0. The highest BCUT2D eigenvalue weighted by Crippen LogP contribution is 2.60. The summed E-state index contributed by atoms with van der Waals surface area (Å²) in [6.45, 7) is 23.5. The Hall–Kier alpha value is -0.0700. The van der Waals surface area contributed by atoms with Gasteiger partial charge in [-0.3, -0.25) is 0 Å². The molecule has 0 atom stereocenters. The zero-order valence-electron chi connectivity index (χ0n) is 15.2. The first-order valence-electron chi connectivity index (χ1n) is 7.96. The maximum absolute atomic E-state index is 16.2. The van der Waals surface area contributed by atoms with E-state index in [1.165, 1.54) is 0 Å². The van der Waals surface area contributed by atoms with Crippen molar-refractivity contribution in [3.63, 3.8) is 0 Å². The molecule has 0 radical (unpaired) electrons. The monoisotopic (exact) mass is 272 g/mol. The fourth-order valence-corrected chi connectivity index (χ4v) is 4.08. The molecule has 0 aromatic heterocycles. The molecule has 0 spiro atoms. The molecular weight excluding hydrogens is 235 g/mol. The maximum Gasteiger partial charge on any atom is 0.119 e. The number of hydrogen-bond donors (Lipinski definition) is 0. The van der Waals surface area contributed by atoms with Gasteiger partial charge in [0, 0.05) is 10.8 Å². The first kappa shape index (κ1) is 18.9. The van der Waals surface area contributed by atoms with E-state index in [1.807, 2.05) is 6.92 Å². The number of halogens is 1. The summed E-state index contributed by atoms with van der Waals surface area (Å²) in [5, 5.41) is 0. The Morgan fingerprint density at radius 2 is 0.684 bits per heavy atom. The molecule has 0 unspecified atom stereocenters. The third kappa shape index (κ3) is 2.59. The molecule has 0 aliphatic heterocycles. The normalized spacial score (nSPS) is 15.2. The molecule has 1 heteroatoms. The van der Waals surface area contributed by atoms with Crippen LogP contribution in [-0.4, -0.2) is 5.67 Å². The molecule has 0 amide bonds. The maximum atomic E-state index is 16.2. The van der Waals surface area contributed by atoms with Crippen LogP contribution < -0.4 is 0 Å². The molecule has 116 valence electrons. The smallest absolute Gasteiger partial charge is 0.119 e. The summed E-state index contributed by atoms with van der Waals surface area (Å²) in [6.07, 6.45) is 0. The quantitative estimate of drug-likeness (QED) is 0.528. The second-order valence-corrected chi connectivity index (χ2v) is 8.19. The first-order chi connectivity index (χ1) is 8.27. The van der Waals surface area contributed by atoms with E-state index in [0.717, 1.165) is 0 Å². The molecule has 0 aliphatic carbocycles. The largest absolute Gasteiger partial charge is 0.243 e. The Kier molecular flexibility index (Phi) is 5.72. The van der Waals surface area contributed by atoms with Gasteiger partial charge in [0.15, 0.2) is 0 Å². The lowest BCUT2D eigenvalue weighted by atomic mass is 9.48. The van der Waals surface area contributed by atoms with E-state index in [-0.39, 0.29) is 10.8 Å². The highest BCUT2D eigenvalue weighted by Gasteiger charge is 2.60. The minimum absolute atomic E-state index is 0.319. The van der Waals surface area contributed by atoms with Gasteiger partial charge in [-0.15, -0.1) is 0 Å². The molecule has 19 heavy (non-hydrogen) atoms. The van der Waals surface area contributed by atoms with Crippen molar-refractivity contribution in [3.8, 4) is 0 Å². The predicted octanol–water partition coefficient (Wildman–Crippen LogP) is 6.35. The minimum atomic E-state index is -1.20. The van der Waals surface area contributed by atoms with E-state index in [1.54, 1.807) is 0 Å². The highest BCUT2D eigenvalue weighted by atomic mass is 19.1. The third-order valence-corrected chi connectivity index (χ3v) is 6.82. The van der Waals surface area contributed by atoms with Crippen LogP contribution in [0, 0.1) is 34.5 Å². The Bertz CT molecular complexity index is 240. The minimum Gasteiger partial charge on any atom is -0.243 e. The van der Waals surface area contributed by atoms with Gasteiger partial charge < -0.3 is 0 Å². The predicted molar refractivity (Wildman–Crippen MR) is 85.1 cm³/mol. The highest BCUT2D eigenvalue weighted by molar-refractivity contribution is 5.08. The van der Waals surface area contributed by atoms with Gasteiger partial charge in [0.1, 0.15) is 5.67 Å². The summed E-state index contributed by atoms with van der Waals surface area (Å²) < 4.78 is 16.2. The average Bonchev–Trinajstić information content (AvgIpc) is 2.24. The van der Waals surface area contributed by atoms with Gasteiger partial charge in [-0.1, -0.05) is 69.2 Å². The molecule has 0 saturated carbocycles. The third-order valence-electron chi connectivity index (χ3n) is 6.82. The molecule has 0 nitrogen and oxygen atoms in total. The summed E-state index contributed by atoms with van der Waals surface area (Å²) in [4.78, 5) is 0. The number of rotatable bonds is 6. The molecule has 0 bridgehead atoms. The summed E-state index contributed by atoms with van der Waals surface area (Å²) in [5.74, 6) is 1.28. The van der Waals surface area contributed by atoms with E-state index in [2.05, 4.69) is 69.2 Å². The SMILES string of the molecule is CC(C)C(C)(C(C)C)C(C)(F)C(C)(C(C)C)C(C)C.